The van der Waals surface area contributed by atoms with E-state index in [2.05, 4.69) is 4.98 Å². The molecule has 1 spiro atoms. The zero-order chi connectivity index (χ0) is 15.7. The first-order valence-electron chi connectivity index (χ1n) is 8.43. The van der Waals surface area contributed by atoms with Crippen LogP contribution in [0.15, 0.2) is 24.4 Å². The summed E-state index contributed by atoms with van der Waals surface area (Å²) in [6.07, 6.45) is 5.45. The van der Waals surface area contributed by atoms with Gasteiger partial charge in [0.15, 0.2) is 0 Å². The molecule has 1 aromatic heterocycles. The van der Waals surface area contributed by atoms with Crippen molar-refractivity contribution in [3.63, 3.8) is 0 Å². The van der Waals surface area contributed by atoms with Crippen LogP contribution in [0, 0.1) is 0 Å². The van der Waals surface area contributed by atoms with Gasteiger partial charge in [0.1, 0.15) is 0 Å². The lowest BCUT2D eigenvalue weighted by atomic mass is 9.93. The Morgan fingerprint density at radius 3 is 2.87 bits per heavy atom. The highest BCUT2D eigenvalue weighted by atomic mass is 32.2. The predicted octanol–water partition coefficient (Wildman–Crippen LogP) is 2.37. The molecule has 124 valence electrons. The first-order valence-corrected chi connectivity index (χ1v) is 9.42. The van der Waals surface area contributed by atoms with Crippen molar-refractivity contribution >= 4 is 17.8 Å². The number of amides is 2. The fraction of sp³-hybridized carbons (Fsp3) is 0.647. The molecule has 5 nitrogen and oxygen atoms in total. The van der Waals surface area contributed by atoms with Crippen molar-refractivity contribution in [2.75, 3.05) is 31.9 Å². The van der Waals surface area contributed by atoms with Gasteiger partial charge in [-0.1, -0.05) is 6.07 Å². The molecule has 0 radical (unpaired) electrons. The Hall–Kier alpha value is -1.27. The number of hydrogen-bond acceptors (Lipinski definition) is 4. The Morgan fingerprint density at radius 2 is 2.13 bits per heavy atom. The van der Waals surface area contributed by atoms with Crippen LogP contribution in [0.3, 0.4) is 0 Å². The number of likely N-dealkylation sites (tertiary alicyclic amines) is 2. The number of nitrogens with zero attached hydrogens (tertiary/aromatic N) is 3. The average Bonchev–Trinajstić information content (AvgIpc) is 3.22. The highest BCUT2D eigenvalue weighted by Crippen LogP contribution is 2.46. The highest BCUT2D eigenvalue weighted by molar-refractivity contribution is 8.01. The maximum atomic E-state index is 12.4. The largest absolute Gasteiger partial charge is 0.371 e. The molecule has 2 amide bonds. The van der Waals surface area contributed by atoms with Gasteiger partial charge < -0.3 is 14.5 Å². The molecule has 4 heterocycles. The van der Waals surface area contributed by atoms with E-state index in [1.54, 1.807) is 6.20 Å². The summed E-state index contributed by atoms with van der Waals surface area (Å²) in [6.45, 7) is 4.22. The van der Waals surface area contributed by atoms with E-state index >= 15 is 0 Å². The minimum absolute atomic E-state index is 0.240. The quantitative estimate of drug-likeness (QED) is 0.852. The lowest BCUT2D eigenvalue weighted by Gasteiger charge is -2.48. The van der Waals surface area contributed by atoms with Crippen LogP contribution in [-0.2, 0) is 11.3 Å². The van der Waals surface area contributed by atoms with Crippen LogP contribution in [0.5, 0.6) is 0 Å². The van der Waals surface area contributed by atoms with Crippen molar-refractivity contribution in [1.82, 2.24) is 14.8 Å². The molecule has 23 heavy (non-hydrogen) atoms. The van der Waals surface area contributed by atoms with Crippen LogP contribution < -0.4 is 0 Å². The van der Waals surface area contributed by atoms with E-state index in [9.17, 15) is 4.79 Å². The molecule has 3 aliphatic rings. The van der Waals surface area contributed by atoms with E-state index in [1.165, 1.54) is 0 Å². The van der Waals surface area contributed by atoms with E-state index in [-0.39, 0.29) is 16.9 Å². The van der Waals surface area contributed by atoms with Gasteiger partial charge in [-0.25, -0.2) is 4.79 Å². The third-order valence-corrected chi connectivity index (χ3v) is 6.55. The fourth-order valence-electron chi connectivity index (χ4n) is 3.71. The standard InChI is InChI=1S/C17H23N3O2S/c21-16(19-7-3-4-8-19)20-12-17(13-20)9-15(11-23-17)22-10-14-5-1-2-6-18-14/h1-2,5-6,15H,3-4,7-13H2/t15-/m0/s1. The van der Waals surface area contributed by atoms with Gasteiger partial charge in [-0.3, -0.25) is 4.98 Å². The molecule has 3 saturated heterocycles. The third-order valence-electron chi connectivity index (χ3n) is 4.97. The zero-order valence-electron chi connectivity index (χ0n) is 13.3. The Bertz CT molecular complexity index is 556. The zero-order valence-corrected chi connectivity index (χ0v) is 14.1. The molecule has 0 unspecified atom stereocenters. The normalized spacial score (nSPS) is 25.8. The van der Waals surface area contributed by atoms with Crippen LogP contribution in [0.1, 0.15) is 25.0 Å². The Morgan fingerprint density at radius 1 is 1.30 bits per heavy atom. The number of thioether (sulfide) groups is 1. The summed E-state index contributed by atoms with van der Waals surface area (Å²) in [5.41, 5.74) is 0.984. The number of carbonyl (C=O) groups excluding carboxylic acids is 1. The molecule has 3 fully saturated rings. The minimum Gasteiger partial charge on any atom is -0.371 e. The van der Waals surface area contributed by atoms with E-state index in [0.29, 0.717) is 6.61 Å². The van der Waals surface area contributed by atoms with Gasteiger partial charge in [0, 0.05) is 38.1 Å². The fourth-order valence-corrected chi connectivity index (χ4v) is 5.26. The van der Waals surface area contributed by atoms with Crippen molar-refractivity contribution in [2.24, 2.45) is 0 Å². The van der Waals surface area contributed by atoms with Crippen molar-refractivity contribution < 1.29 is 9.53 Å². The molecular weight excluding hydrogens is 310 g/mol. The van der Waals surface area contributed by atoms with Gasteiger partial charge in [0.25, 0.3) is 0 Å². The van der Waals surface area contributed by atoms with Gasteiger partial charge in [-0.15, -0.1) is 11.8 Å². The van der Waals surface area contributed by atoms with Crippen molar-refractivity contribution in [1.29, 1.82) is 0 Å². The number of carbonyl (C=O) groups is 1. The molecule has 0 aliphatic carbocycles. The first-order chi connectivity index (χ1) is 11.2. The molecule has 3 aliphatic heterocycles. The summed E-state index contributed by atoms with van der Waals surface area (Å²) >= 11 is 1.98. The van der Waals surface area contributed by atoms with E-state index in [1.807, 2.05) is 39.8 Å². The van der Waals surface area contributed by atoms with Gasteiger partial charge >= 0.3 is 6.03 Å². The van der Waals surface area contributed by atoms with Crippen molar-refractivity contribution in [3.05, 3.63) is 30.1 Å². The van der Waals surface area contributed by atoms with Crippen LogP contribution in [0.4, 0.5) is 4.79 Å². The minimum atomic E-state index is 0.240. The average molecular weight is 333 g/mol. The van der Waals surface area contributed by atoms with Crippen LogP contribution in [0.2, 0.25) is 0 Å². The van der Waals surface area contributed by atoms with E-state index in [0.717, 1.165) is 56.9 Å². The second kappa shape index (κ2) is 6.32. The summed E-state index contributed by atoms with van der Waals surface area (Å²) in [6, 6.07) is 6.15. The summed E-state index contributed by atoms with van der Waals surface area (Å²) in [4.78, 5) is 20.7. The molecular formula is C17H23N3O2S. The maximum Gasteiger partial charge on any atom is 0.320 e. The highest BCUT2D eigenvalue weighted by Gasteiger charge is 2.51. The second-order valence-electron chi connectivity index (χ2n) is 6.79. The van der Waals surface area contributed by atoms with E-state index in [4.69, 9.17) is 4.74 Å². The van der Waals surface area contributed by atoms with Gasteiger partial charge in [-0.05, 0) is 31.4 Å². The van der Waals surface area contributed by atoms with Gasteiger partial charge in [0.2, 0.25) is 0 Å². The summed E-state index contributed by atoms with van der Waals surface area (Å²) in [5, 5.41) is 0. The van der Waals surface area contributed by atoms with Crippen LogP contribution in [-0.4, -0.2) is 63.6 Å². The number of rotatable bonds is 3. The smallest absolute Gasteiger partial charge is 0.320 e. The predicted molar refractivity (Wildman–Crippen MR) is 90.4 cm³/mol. The Labute approximate surface area is 141 Å². The lowest BCUT2D eigenvalue weighted by molar-refractivity contribution is 0.0304. The van der Waals surface area contributed by atoms with Crippen LogP contribution in [0.25, 0.3) is 0 Å². The van der Waals surface area contributed by atoms with Crippen LogP contribution >= 0.6 is 11.8 Å². The van der Waals surface area contributed by atoms with E-state index < -0.39 is 0 Å². The lowest BCUT2D eigenvalue weighted by Crippen LogP contribution is -2.63. The number of aromatic nitrogens is 1. The molecule has 6 heteroatoms. The number of pyridine rings is 1. The van der Waals surface area contributed by atoms with Crippen molar-refractivity contribution in [2.45, 2.75) is 36.7 Å². The summed E-state index contributed by atoms with van der Waals surface area (Å²) in [7, 11) is 0. The van der Waals surface area contributed by atoms with Gasteiger partial charge in [0.05, 0.1) is 23.2 Å². The Kier molecular flexibility index (Phi) is 4.20. The topological polar surface area (TPSA) is 45.7 Å². The SMILES string of the molecule is O=C(N1CCCC1)N1CC2(C[C@H](OCc3ccccn3)CS2)C1. The number of hydrogen-bond donors (Lipinski definition) is 0. The summed E-state index contributed by atoms with van der Waals surface area (Å²) < 4.78 is 6.26. The van der Waals surface area contributed by atoms with Crippen molar-refractivity contribution in [3.8, 4) is 0 Å². The second-order valence-corrected chi connectivity index (χ2v) is 8.27. The van der Waals surface area contributed by atoms with Gasteiger partial charge in [-0.2, -0.15) is 0 Å². The molecule has 4 rings (SSSR count). The third kappa shape index (κ3) is 3.19. The monoisotopic (exact) mass is 333 g/mol. The molecule has 0 bridgehead atoms. The number of urea groups is 1. The molecule has 0 saturated carbocycles. The Balaban J connectivity index is 1.24. The summed E-state index contributed by atoms with van der Waals surface area (Å²) in [5.74, 6) is 1.03. The maximum absolute atomic E-state index is 12.4. The molecule has 0 aromatic carbocycles. The molecule has 0 N–H and O–H groups in total. The first kappa shape index (κ1) is 15.3. The number of ether oxygens (including phenoxy) is 1. The molecule has 1 aromatic rings. The molecule has 1 atom stereocenters.